The fourth-order valence-corrected chi connectivity index (χ4v) is 8.76. The van der Waals surface area contributed by atoms with Crippen molar-refractivity contribution in [2.24, 2.45) is 0 Å². The molecule has 0 amide bonds. The fraction of sp³-hybridized carbons (Fsp3) is 0. The van der Waals surface area contributed by atoms with Crippen molar-refractivity contribution in [1.29, 1.82) is 0 Å². The minimum Gasteiger partial charge on any atom is -0.456 e. The maximum absolute atomic E-state index is 6.27. The molecule has 0 N–H and O–H groups in total. The predicted octanol–water partition coefficient (Wildman–Crippen LogP) is 15.4. The summed E-state index contributed by atoms with van der Waals surface area (Å²) in [7, 11) is 0. The maximum atomic E-state index is 6.27. The van der Waals surface area contributed by atoms with Gasteiger partial charge in [0, 0.05) is 10.8 Å². The number of rotatable bonds is 5. The Hall–Kier alpha value is -7.22. The van der Waals surface area contributed by atoms with Crippen LogP contribution >= 0.6 is 0 Å². The summed E-state index contributed by atoms with van der Waals surface area (Å²) in [6, 6.07) is 74.8. The molecule has 11 aromatic rings. The minimum atomic E-state index is 0.909. The SMILES string of the molecule is c1cc(-c2ccc3ccccc3c2)cc(-c2c3ccccc3c(-c3ccc(-c4ccccc4-c4cccc5oc6ccccc6c45)cc3)c3ccccc23)c1. The topological polar surface area (TPSA) is 13.1 Å². The summed E-state index contributed by atoms with van der Waals surface area (Å²) in [5, 5.41) is 9.81. The first-order valence-corrected chi connectivity index (χ1v) is 18.9. The Balaban J connectivity index is 1.05. The van der Waals surface area contributed by atoms with Gasteiger partial charge in [-0.25, -0.2) is 0 Å². The van der Waals surface area contributed by atoms with Crippen molar-refractivity contribution in [2.75, 3.05) is 0 Å². The average molecular weight is 699 g/mol. The van der Waals surface area contributed by atoms with Crippen molar-refractivity contribution in [1.82, 2.24) is 0 Å². The lowest BCUT2D eigenvalue weighted by Gasteiger charge is -2.18. The average Bonchev–Trinajstić information content (AvgIpc) is 3.65. The molecule has 0 saturated heterocycles. The van der Waals surface area contributed by atoms with Gasteiger partial charge in [0.1, 0.15) is 11.2 Å². The summed E-state index contributed by atoms with van der Waals surface area (Å²) < 4.78 is 6.27. The lowest BCUT2D eigenvalue weighted by atomic mass is 9.85. The molecular formula is C54H34O. The van der Waals surface area contributed by atoms with E-state index in [1.165, 1.54) is 88.0 Å². The molecule has 0 unspecified atom stereocenters. The minimum absolute atomic E-state index is 0.909. The Labute approximate surface area is 319 Å². The van der Waals surface area contributed by atoms with Crippen molar-refractivity contribution >= 4 is 54.3 Å². The zero-order valence-electron chi connectivity index (χ0n) is 30.0. The predicted molar refractivity (Wildman–Crippen MR) is 233 cm³/mol. The number of furan rings is 1. The van der Waals surface area contributed by atoms with Gasteiger partial charge in [0.25, 0.3) is 0 Å². The standard InChI is InChI=1S/C54H34O/c1-2-14-38-33-40(32-27-35(38)13-1)39-15-11-16-41(34-39)53-47-21-7-5-19-45(47)52(46-20-6-8-22-48(46)53)37-30-28-36(29-31-37)42-17-3-4-18-43(42)44-24-12-26-51-54(44)49-23-9-10-25-50(49)55-51/h1-34H. The first kappa shape index (κ1) is 31.3. The van der Waals surface area contributed by atoms with Gasteiger partial charge in [0.2, 0.25) is 0 Å². The molecule has 0 fully saturated rings. The van der Waals surface area contributed by atoms with E-state index >= 15 is 0 Å². The number of para-hydroxylation sites is 1. The molecule has 0 aliphatic heterocycles. The van der Waals surface area contributed by atoms with E-state index in [-0.39, 0.29) is 0 Å². The van der Waals surface area contributed by atoms with Gasteiger partial charge in [-0.3, -0.25) is 0 Å². The summed E-state index contributed by atoms with van der Waals surface area (Å²) >= 11 is 0. The zero-order valence-corrected chi connectivity index (χ0v) is 30.0. The molecule has 0 aliphatic carbocycles. The second-order valence-corrected chi connectivity index (χ2v) is 14.4. The van der Waals surface area contributed by atoms with Crippen LogP contribution in [0.25, 0.3) is 110 Å². The molecule has 1 heteroatoms. The van der Waals surface area contributed by atoms with Gasteiger partial charge in [-0.05, 0) is 112 Å². The van der Waals surface area contributed by atoms with Gasteiger partial charge in [-0.2, -0.15) is 0 Å². The number of hydrogen-bond acceptors (Lipinski definition) is 1. The lowest BCUT2D eigenvalue weighted by Crippen LogP contribution is -1.91. The van der Waals surface area contributed by atoms with E-state index in [1.807, 2.05) is 12.1 Å². The molecule has 256 valence electrons. The van der Waals surface area contributed by atoms with Gasteiger partial charge >= 0.3 is 0 Å². The quantitative estimate of drug-likeness (QED) is 0.163. The molecule has 55 heavy (non-hydrogen) atoms. The van der Waals surface area contributed by atoms with Gasteiger partial charge in [0.05, 0.1) is 0 Å². The Morgan fingerprint density at radius 2 is 0.745 bits per heavy atom. The Kier molecular flexibility index (Phi) is 7.25. The third kappa shape index (κ3) is 5.16. The van der Waals surface area contributed by atoms with Crippen LogP contribution in [-0.2, 0) is 0 Å². The highest BCUT2D eigenvalue weighted by Crippen LogP contribution is 2.45. The summed E-state index contributed by atoms with van der Waals surface area (Å²) in [5.74, 6) is 0. The van der Waals surface area contributed by atoms with E-state index < -0.39 is 0 Å². The van der Waals surface area contributed by atoms with E-state index in [1.54, 1.807) is 0 Å². The molecule has 1 heterocycles. The largest absolute Gasteiger partial charge is 0.456 e. The van der Waals surface area contributed by atoms with E-state index in [4.69, 9.17) is 4.42 Å². The van der Waals surface area contributed by atoms with Crippen LogP contribution in [0.5, 0.6) is 0 Å². The van der Waals surface area contributed by atoms with E-state index in [9.17, 15) is 0 Å². The molecular weight excluding hydrogens is 665 g/mol. The highest BCUT2D eigenvalue weighted by molar-refractivity contribution is 6.21. The molecule has 0 aliphatic rings. The molecule has 0 radical (unpaired) electrons. The third-order valence-electron chi connectivity index (χ3n) is 11.3. The molecule has 11 rings (SSSR count). The Bertz CT molecular complexity index is 3200. The van der Waals surface area contributed by atoms with Gasteiger partial charge in [-0.15, -0.1) is 0 Å². The summed E-state index contributed by atoms with van der Waals surface area (Å²) in [4.78, 5) is 0. The second kappa shape index (κ2) is 12.7. The van der Waals surface area contributed by atoms with Crippen molar-refractivity contribution in [3.05, 3.63) is 206 Å². The van der Waals surface area contributed by atoms with Gasteiger partial charge < -0.3 is 4.42 Å². The Morgan fingerprint density at radius 3 is 1.49 bits per heavy atom. The van der Waals surface area contributed by atoms with Crippen molar-refractivity contribution in [3.8, 4) is 55.6 Å². The van der Waals surface area contributed by atoms with Crippen LogP contribution in [0.2, 0.25) is 0 Å². The van der Waals surface area contributed by atoms with Crippen LogP contribution in [0, 0.1) is 0 Å². The molecule has 10 aromatic carbocycles. The van der Waals surface area contributed by atoms with Crippen LogP contribution in [0.4, 0.5) is 0 Å². The van der Waals surface area contributed by atoms with E-state index in [0.29, 0.717) is 0 Å². The Morgan fingerprint density at radius 1 is 0.255 bits per heavy atom. The highest BCUT2D eigenvalue weighted by Gasteiger charge is 2.19. The molecule has 1 aromatic heterocycles. The first-order valence-electron chi connectivity index (χ1n) is 18.9. The fourth-order valence-electron chi connectivity index (χ4n) is 8.76. The molecule has 0 bridgehead atoms. The molecule has 0 atom stereocenters. The zero-order chi connectivity index (χ0) is 36.3. The normalized spacial score (nSPS) is 11.6. The van der Waals surface area contributed by atoms with Crippen LogP contribution in [0.3, 0.4) is 0 Å². The van der Waals surface area contributed by atoms with Gasteiger partial charge in [-0.1, -0.05) is 182 Å². The molecule has 0 saturated carbocycles. The van der Waals surface area contributed by atoms with Crippen molar-refractivity contribution in [2.45, 2.75) is 0 Å². The lowest BCUT2D eigenvalue weighted by molar-refractivity contribution is 0.669. The smallest absolute Gasteiger partial charge is 0.136 e. The van der Waals surface area contributed by atoms with Crippen LogP contribution in [0.15, 0.2) is 211 Å². The van der Waals surface area contributed by atoms with E-state index in [2.05, 4.69) is 194 Å². The highest BCUT2D eigenvalue weighted by atomic mass is 16.3. The third-order valence-corrected chi connectivity index (χ3v) is 11.3. The van der Waals surface area contributed by atoms with Crippen LogP contribution < -0.4 is 0 Å². The first-order chi connectivity index (χ1) is 27.3. The number of hydrogen-bond donors (Lipinski definition) is 0. The molecule has 0 spiro atoms. The monoisotopic (exact) mass is 698 g/mol. The van der Waals surface area contributed by atoms with Crippen LogP contribution in [0.1, 0.15) is 0 Å². The summed E-state index contributed by atoms with van der Waals surface area (Å²) in [6.45, 7) is 0. The van der Waals surface area contributed by atoms with Gasteiger partial charge in [0.15, 0.2) is 0 Å². The number of fused-ring (bicyclic) bond motifs is 6. The van der Waals surface area contributed by atoms with Crippen molar-refractivity contribution in [3.63, 3.8) is 0 Å². The summed E-state index contributed by atoms with van der Waals surface area (Å²) in [6.07, 6.45) is 0. The second-order valence-electron chi connectivity index (χ2n) is 14.4. The number of benzene rings is 10. The maximum Gasteiger partial charge on any atom is 0.136 e. The van der Waals surface area contributed by atoms with E-state index in [0.717, 1.165) is 21.9 Å². The summed E-state index contributed by atoms with van der Waals surface area (Å²) in [5.41, 5.74) is 14.0. The molecule has 1 nitrogen and oxygen atoms in total. The van der Waals surface area contributed by atoms with Crippen LogP contribution in [-0.4, -0.2) is 0 Å². The van der Waals surface area contributed by atoms with Crippen molar-refractivity contribution < 1.29 is 4.42 Å².